The lowest BCUT2D eigenvalue weighted by molar-refractivity contribution is 0.0948. The van der Waals surface area contributed by atoms with Gasteiger partial charge in [0.05, 0.1) is 11.3 Å². The first-order valence-electron chi connectivity index (χ1n) is 9.34. The summed E-state index contributed by atoms with van der Waals surface area (Å²) in [6, 6.07) is 11.3. The van der Waals surface area contributed by atoms with Crippen molar-refractivity contribution in [3.63, 3.8) is 0 Å². The zero-order valence-corrected chi connectivity index (χ0v) is 17.4. The van der Waals surface area contributed by atoms with Crippen molar-refractivity contribution < 1.29 is 9.32 Å². The highest BCUT2D eigenvalue weighted by Gasteiger charge is 2.15. The molecule has 0 aliphatic rings. The summed E-state index contributed by atoms with van der Waals surface area (Å²) < 4.78 is 6.81. The minimum atomic E-state index is -0.148. The number of carbonyl (C=O) groups is 1. The van der Waals surface area contributed by atoms with Gasteiger partial charge in [-0.05, 0) is 32.0 Å². The van der Waals surface area contributed by atoms with Crippen LogP contribution in [0.5, 0.6) is 0 Å². The molecule has 8 nitrogen and oxygen atoms in total. The molecule has 30 heavy (non-hydrogen) atoms. The minimum absolute atomic E-state index is 0.148. The average Bonchev–Trinajstić information content (AvgIpc) is 3.41. The van der Waals surface area contributed by atoms with E-state index < -0.39 is 0 Å². The van der Waals surface area contributed by atoms with Crippen LogP contribution in [0.25, 0.3) is 5.82 Å². The quantitative estimate of drug-likeness (QED) is 0.457. The van der Waals surface area contributed by atoms with Gasteiger partial charge in [0.2, 0.25) is 0 Å². The van der Waals surface area contributed by atoms with E-state index in [0.29, 0.717) is 23.7 Å². The van der Waals surface area contributed by atoms with Crippen LogP contribution in [0, 0.1) is 13.8 Å². The van der Waals surface area contributed by atoms with E-state index in [9.17, 15) is 4.79 Å². The summed E-state index contributed by atoms with van der Waals surface area (Å²) >= 11 is 1.59. The molecular weight excluding hydrogens is 400 g/mol. The molecular formula is C21H20N6O2S. The van der Waals surface area contributed by atoms with Crippen molar-refractivity contribution in [1.82, 2.24) is 30.2 Å². The zero-order valence-electron chi connectivity index (χ0n) is 16.6. The highest BCUT2D eigenvalue weighted by Crippen LogP contribution is 2.28. The molecule has 0 unspecified atom stereocenters. The van der Waals surface area contributed by atoms with Crippen molar-refractivity contribution >= 4 is 17.7 Å². The second-order valence-electron chi connectivity index (χ2n) is 6.60. The molecule has 0 saturated heterocycles. The van der Waals surface area contributed by atoms with Crippen LogP contribution in [0.15, 0.2) is 64.7 Å². The molecule has 0 spiro atoms. The van der Waals surface area contributed by atoms with E-state index in [4.69, 9.17) is 4.52 Å². The summed E-state index contributed by atoms with van der Waals surface area (Å²) in [7, 11) is 0. The van der Waals surface area contributed by atoms with E-state index >= 15 is 0 Å². The van der Waals surface area contributed by atoms with Gasteiger partial charge in [-0.25, -0.2) is 14.6 Å². The number of benzene rings is 1. The monoisotopic (exact) mass is 420 g/mol. The van der Waals surface area contributed by atoms with Crippen LogP contribution in [0.4, 0.5) is 0 Å². The second-order valence-corrected chi connectivity index (χ2v) is 7.61. The Labute approximate surface area is 177 Å². The first-order chi connectivity index (χ1) is 14.6. The largest absolute Gasteiger partial charge is 0.361 e. The number of aromatic nitrogens is 5. The average molecular weight is 420 g/mol. The third-order valence-electron chi connectivity index (χ3n) is 4.63. The highest BCUT2D eigenvalue weighted by atomic mass is 32.2. The van der Waals surface area contributed by atoms with Crippen LogP contribution >= 0.6 is 11.8 Å². The number of rotatable bonds is 7. The van der Waals surface area contributed by atoms with E-state index in [0.717, 1.165) is 27.5 Å². The van der Waals surface area contributed by atoms with E-state index in [1.807, 2.05) is 50.2 Å². The molecule has 0 radical (unpaired) electrons. The smallest absolute Gasteiger partial charge is 0.252 e. The molecule has 0 bridgehead atoms. The lowest BCUT2D eigenvalue weighted by Gasteiger charge is -2.12. The van der Waals surface area contributed by atoms with Crippen LogP contribution in [-0.4, -0.2) is 30.8 Å². The van der Waals surface area contributed by atoms with Gasteiger partial charge in [-0.1, -0.05) is 23.4 Å². The van der Waals surface area contributed by atoms with Gasteiger partial charge in [0.15, 0.2) is 5.82 Å². The van der Waals surface area contributed by atoms with Crippen LogP contribution in [-0.2, 0) is 12.3 Å². The Morgan fingerprint density at radius 1 is 1.20 bits per heavy atom. The van der Waals surface area contributed by atoms with Crippen molar-refractivity contribution in [2.45, 2.75) is 31.0 Å². The van der Waals surface area contributed by atoms with E-state index in [-0.39, 0.29) is 5.91 Å². The normalized spacial score (nSPS) is 10.9. The Kier molecular flexibility index (Phi) is 5.89. The Hall–Kier alpha value is -3.46. The lowest BCUT2D eigenvalue weighted by atomic mass is 10.2. The van der Waals surface area contributed by atoms with Gasteiger partial charge in [-0.2, -0.15) is 5.10 Å². The molecule has 1 aromatic carbocycles. The molecule has 4 aromatic rings. The fraction of sp³-hybridized carbons (Fsp3) is 0.190. The number of pyridine rings is 1. The number of hydrogen-bond donors (Lipinski definition) is 1. The predicted molar refractivity (Wildman–Crippen MR) is 112 cm³/mol. The maximum atomic E-state index is 12.9. The van der Waals surface area contributed by atoms with Crippen LogP contribution in [0.1, 0.15) is 32.9 Å². The van der Waals surface area contributed by atoms with Crippen molar-refractivity contribution in [3.8, 4) is 5.82 Å². The van der Waals surface area contributed by atoms with Gasteiger partial charge >= 0.3 is 0 Å². The molecule has 1 amide bonds. The van der Waals surface area contributed by atoms with Crippen LogP contribution in [0.3, 0.4) is 0 Å². The van der Waals surface area contributed by atoms with E-state index in [1.54, 1.807) is 29.0 Å². The molecule has 0 atom stereocenters. The van der Waals surface area contributed by atoms with Gasteiger partial charge in [-0.15, -0.1) is 11.8 Å². The lowest BCUT2D eigenvalue weighted by Crippen LogP contribution is -2.24. The molecule has 1 N–H and O–H groups in total. The fourth-order valence-corrected chi connectivity index (χ4v) is 4.20. The predicted octanol–water partition coefficient (Wildman–Crippen LogP) is 3.49. The fourth-order valence-electron chi connectivity index (χ4n) is 3.00. The molecule has 3 heterocycles. The van der Waals surface area contributed by atoms with Crippen LogP contribution < -0.4 is 5.32 Å². The van der Waals surface area contributed by atoms with Gasteiger partial charge in [-0.3, -0.25) is 4.79 Å². The number of carbonyl (C=O) groups excluding carboxylic acids is 1. The van der Waals surface area contributed by atoms with Crippen molar-refractivity contribution in [1.29, 1.82) is 0 Å². The van der Waals surface area contributed by atoms with Gasteiger partial charge < -0.3 is 9.84 Å². The van der Waals surface area contributed by atoms with E-state index in [2.05, 4.69) is 25.5 Å². The second kappa shape index (κ2) is 8.91. The Morgan fingerprint density at radius 3 is 2.83 bits per heavy atom. The zero-order chi connectivity index (χ0) is 20.9. The standard InChI is InChI=1S/C21H20N6O2S/c1-14-18(15(2)29-26-14)11-30-19-8-4-3-7-17(19)21(28)24-10-16-6-5-9-23-20(16)27-13-22-12-25-27/h3-9,12-13H,10-11H2,1-2H3,(H,24,28). The molecule has 3 aromatic heterocycles. The maximum Gasteiger partial charge on any atom is 0.252 e. The molecule has 152 valence electrons. The summed E-state index contributed by atoms with van der Waals surface area (Å²) in [5.41, 5.74) is 3.40. The molecule has 0 aliphatic heterocycles. The number of amides is 1. The Balaban J connectivity index is 1.47. The first kappa shape index (κ1) is 19.8. The third kappa shape index (κ3) is 4.25. The first-order valence-corrected chi connectivity index (χ1v) is 10.3. The SMILES string of the molecule is Cc1noc(C)c1CSc1ccccc1C(=O)NCc1cccnc1-n1cncn1. The summed E-state index contributed by atoms with van der Waals surface area (Å²) in [5.74, 6) is 1.98. The topological polar surface area (TPSA) is 98.7 Å². The summed E-state index contributed by atoms with van der Waals surface area (Å²) in [5, 5.41) is 11.1. The molecule has 0 saturated carbocycles. The number of thioether (sulfide) groups is 1. The van der Waals surface area contributed by atoms with Gasteiger partial charge in [0, 0.05) is 34.5 Å². The summed E-state index contributed by atoms with van der Waals surface area (Å²) in [6.45, 7) is 4.14. The van der Waals surface area contributed by atoms with Crippen LogP contribution in [0.2, 0.25) is 0 Å². The number of nitrogens with one attached hydrogen (secondary N) is 1. The molecule has 9 heteroatoms. The molecule has 0 aliphatic carbocycles. The molecule has 0 fully saturated rings. The number of aryl methyl sites for hydroxylation is 2. The van der Waals surface area contributed by atoms with Gasteiger partial charge in [0.25, 0.3) is 5.91 Å². The Bertz CT molecular complexity index is 1140. The minimum Gasteiger partial charge on any atom is -0.361 e. The number of hydrogen-bond acceptors (Lipinski definition) is 7. The highest BCUT2D eigenvalue weighted by molar-refractivity contribution is 7.98. The van der Waals surface area contributed by atoms with Crippen molar-refractivity contribution in [2.75, 3.05) is 0 Å². The maximum absolute atomic E-state index is 12.9. The van der Waals surface area contributed by atoms with Crippen molar-refractivity contribution in [3.05, 3.63) is 83.4 Å². The third-order valence-corrected chi connectivity index (χ3v) is 5.73. The summed E-state index contributed by atoms with van der Waals surface area (Å²) in [6.07, 6.45) is 4.71. The van der Waals surface area contributed by atoms with Crippen molar-refractivity contribution in [2.24, 2.45) is 0 Å². The Morgan fingerprint density at radius 2 is 2.07 bits per heavy atom. The molecule has 4 rings (SSSR count). The van der Waals surface area contributed by atoms with Gasteiger partial charge in [0.1, 0.15) is 18.4 Å². The summed E-state index contributed by atoms with van der Waals surface area (Å²) in [4.78, 5) is 22.1. The van der Waals surface area contributed by atoms with E-state index in [1.165, 1.54) is 6.33 Å². The number of nitrogens with zero attached hydrogens (tertiary/aromatic N) is 5.